The Kier molecular flexibility index (Phi) is 6.09. The molecule has 0 unspecified atom stereocenters. The number of hydrogen-bond acceptors (Lipinski definition) is 3. The summed E-state index contributed by atoms with van der Waals surface area (Å²) in [6.07, 6.45) is 5.05. The molecule has 0 saturated carbocycles. The van der Waals surface area contributed by atoms with Crippen LogP contribution in [-0.4, -0.2) is 33.3 Å². The van der Waals surface area contributed by atoms with E-state index < -0.39 is 15.6 Å². The smallest absolute Gasteiger partial charge is 0.209 e. The van der Waals surface area contributed by atoms with Crippen LogP contribution in [-0.2, 0) is 10.0 Å². The normalized spacial score (nSPS) is 12.7. The van der Waals surface area contributed by atoms with Gasteiger partial charge in [0.2, 0.25) is 10.0 Å². The van der Waals surface area contributed by atoms with Gasteiger partial charge in [-0.1, -0.05) is 6.08 Å². The summed E-state index contributed by atoms with van der Waals surface area (Å²) in [6.45, 7) is 8.85. The van der Waals surface area contributed by atoms with Crippen molar-refractivity contribution in [3.05, 3.63) is 12.7 Å². The molecule has 90 valence electrons. The van der Waals surface area contributed by atoms with Gasteiger partial charge in [-0.05, 0) is 33.2 Å². The molecule has 0 aliphatic rings. The molecule has 0 radical (unpaired) electrons. The van der Waals surface area contributed by atoms with Gasteiger partial charge >= 0.3 is 0 Å². The van der Waals surface area contributed by atoms with E-state index in [1.54, 1.807) is 0 Å². The third kappa shape index (κ3) is 9.90. The number of hydrogen-bond donors (Lipinski definition) is 2. The van der Waals surface area contributed by atoms with Gasteiger partial charge in [-0.2, -0.15) is 0 Å². The lowest BCUT2D eigenvalue weighted by molar-refractivity contribution is 0.420. The van der Waals surface area contributed by atoms with Crippen molar-refractivity contribution < 1.29 is 8.42 Å². The standard InChI is InChI=1S/C10H22N2O2S/c1-5-6-7-8-11-9-10(2,3)12-15(4,13)14/h5,11-12H,1,6-9H2,2-4H3. The molecule has 5 heteroatoms. The average molecular weight is 234 g/mol. The highest BCUT2D eigenvalue weighted by atomic mass is 32.2. The van der Waals surface area contributed by atoms with Crippen LogP contribution >= 0.6 is 0 Å². The van der Waals surface area contributed by atoms with E-state index in [0.717, 1.165) is 19.4 Å². The van der Waals surface area contributed by atoms with E-state index in [4.69, 9.17) is 0 Å². The topological polar surface area (TPSA) is 58.2 Å². The molecule has 15 heavy (non-hydrogen) atoms. The van der Waals surface area contributed by atoms with Crippen LogP contribution in [0.1, 0.15) is 26.7 Å². The van der Waals surface area contributed by atoms with Crippen LogP contribution in [0.2, 0.25) is 0 Å². The molecule has 0 aromatic carbocycles. The predicted molar refractivity (Wildman–Crippen MR) is 64.4 cm³/mol. The number of nitrogens with one attached hydrogen (secondary N) is 2. The molecule has 2 N–H and O–H groups in total. The summed E-state index contributed by atoms with van der Waals surface area (Å²) in [5.74, 6) is 0. The van der Waals surface area contributed by atoms with E-state index >= 15 is 0 Å². The highest BCUT2D eigenvalue weighted by Crippen LogP contribution is 2.01. The van der Waals surface area contributed by atoms with Crippen LogP contribution in [0, 0.1) is 0 Å². The molecule has 0 aromatic heterocycles. The molecule has 0 bridgehead atoms. The Labute approximate surface area is 93.2 Å². The van der Waals surface area contributed by atoms with Crippen LogP contribution in [0.4, 0.5) is 0 Å². The van der Waals surface area contributed by atoms with E-state index in [-0.39, 0.29) is 0 Å². The Morgan fingerprint density at radius 1 is 1.40 bits per heavy atom. The second kappa shape index (κ2) is 6.25. The number of rotatable bonds is 8. The zero-order valence-electron chi connectivity index (χ0n) is 9.84. The molecule has 0 rings (SSSR count). The first-order valence-electron chi connectivity index (χ1n) is 5.07. The Balaban J connectivity index is 3.79. The van der Waals surface area contributed by atoms with Crippen molar-refractivity contribution in [3.63, 3.8) is 0 Å². The van der Waals surface area contributed by atoms with E-state index in [1.165, 1.54) is 6.26 Å². The minimum Gasteiger partial charge on any atom is -0.315 e. The molecule has 0 heterocycles. The maximum absolute atomic E-state index is 11.0. The first-order chi connectivity index (χ1) is 6.77. The first kappa shape index (κ1) is 14.6. The van der Waals surface area contributed by atoms with E-state index in [0.29, 0.717) is 6.54 Å². The van der Waals surface area contributed by atoms with Gasteiger partial charge in [0, 0.05) is 12.1 Å². The lowest BCUT2D eigenvalue weighted by Gasteiger charge is -2.25. The summed E-state index contributed by atoms with van der Waals surface area (Å²) in [5.41, 5.74) is -0.443. The van der Waals surface area contributed by atoms with Crippen LogP contribution in [0.5, 0.6) is 0 Å². The lowest BCUT2D eigenvalue weighted by Crippen LogP contribution is -2.49. The minimum absolute atomic E-state index is 0.443. The largest absolute Gasteiger partial charge is 0.315 e. The summed E-state index contributed by atoms with van der Waals surface area (Å²) >= 11 is 0. The Morgan fingerprint density at radius 3 is 2.47 bits per heavy atom. The van der Waals surface area contributed by atoms with Crippen LogP contribution < -0.4 is 10.0 Å². The van der Waals surface area contributed by atoms with Gasteiger partial charge in [0.05, 0.1) is 6.26 Å². The first-order valence-corrected chi connectivity index (χ1v) is 6.96. The second-order valence-corrected chi connectivity index (χ2v) is 6.11. The molecule has 0 aromatic rings. The number of unbranched alkanes of at least 4 members (excludes halogenated alkanes) is 1. The van der Waals surface area contributed by atoms with Crippen molar-refractivity contribution in [2.24, 2.45) is 0 Å². The van der Waals surface area contributed by atoms with Crippen molar-refractivity contribution >= 4 is 10.0 Å². The molecule has 0 saturated heterocycles. The highest BCUT2D eigenvalue weighted by molar-refractivity contribution is 7.88. The number of allylic oxidation sites excluding steroid dienone is 1. The average Bonchev–Trinajstić information content (AvgIpc) is 1.99. The van der Waals surface area contributed by atoms with Crippen molar-refractivity contribution in [1.29, 1.82) is 0 Å². The molecule has 0 amide bonds. The summed E-state index contributed by atoms with van der Waals surface area (Å²) in [7, 11) is -3.14. The second-order valence-electron chi connectivity index (χ2n) is 4.37. The lowest BCUT2D eigenvalue weighted by atomic mass is 10.1. The van der Waals surface area contributed by atoms with E-state index in [1.807, 2.05) is 19.9 Å². The molecule has 0 spiro atoms. The summed E-state index contributed by atoms with van der Waals surface area (Å²) in [5, 5.41) is 3.21. The zero-order valence-corrected chi connectivity index (χ0v) is 10.7. The maximum atomic E-state index is 11.0. The third-order valence-corrected chi connectivity index (χ3v) is 2.71. The maximum Gasteiger partial charge on any atom is 0.209 e. The van der Waals surface area contributed by atoms with Crippen molar-refractivity contribution in [2.75, 3.05) is 19.3 Å². The van der Waals surface area contributed by atoms with Crippen LogP contribution in [0.3, 0.4) is 0 Å². The SMILES string of the molecule is C=CCCCNCC(C)(C)NS(C)(=O)=O. The van der Waals surface area contributed by atoms with Gasteiger partial charge in [-0.3, -0.25) is 0 Å². The Hall–Kier alpha value is -0.390. The molecule has 0 atom stereocenters. The molecule has 0 aliphatic carbocycles. The van der Waals surface area contributed by atoms with Gasteiger partial charge in [0.15, 0.2) is 0 Å². The van der Waals surface area contributed by atoms with Gasteiger partial charge in [-0.15, -0.1) is 6.58 Å². The van der Waals surface area contributed by atoms with Crippen LogP contribution in [0.25, 0.3) is 0 Å². The summed E-state index contributed by atoms with van der Waals surface area (Å²) in [6, 6.07) is 0. The summed E-state index contributed by atoms with van der Waals surface area (Å²) in [4.78, 5) is 0. The van der Waals surface area contributed by atoms with Gasteiger partial charge in [0.1, 0.15) is 0 Å². The monoisotopic (exact) mass is 234 g/mol. The predicted octanol–water partition coefficient (Wildman–Crippen LogP) is 0.870. The van der Waals surface area contributed by atoms with Crippen molar-refractivity contribution in [3.8, 4) is 0 Å². The van der Waals surface area contributed by atoms with Crippen LogP contribution in [0.15, 0.2) is 12.7 Å². The van der Waals surface area contributed by atoms with Gasteiger partial charge < -0.3 is 5.32 Å². The zero-order chi connectivity index (χ0) is 11.9. The van der Waals surface area contributed by atoms with Gasteiger partial charge in [-0.25, -0.2) is 13.1 Å². The highest BCUT2D eigenvalue weighted by Gasteiger charge is 2.20. The Morgan fingerprint density at radius 2 is 2.00 bits per heavy atom. The molecular weight excluding hydrogens is 212 g/mol. The van der Waals surface area contributed by atoms with Crippen molar-refractivity contribution in [2.45, 2.75) is 32.2 Å². The fraction of sp³-hybridized carbons (Fsp3) is 0.800. The van der Waals surface area contributed by atoms with E-state index in [9.17, 15) is 8.42 Å². The molecule has 4 nitrogen and oxygen atoms in total. The van der Waals surface area contributed by atoms with Gasteiger partial charge in [0.25, 0.3) is 0 Å². The quantitative estimate of drug-likeness (QED) is 0.484. The molecular formula is C10H22N2O2S. The number of sulfonamides is 1. The minimum atomic E-state index is -3.14. The third-order valence-electron chi connectivity index (χ3n) is 1.79. The van der Waals surface area contributed by atoms with E-state index in [2.05, 4.69) is 16.6 Å². The summed E-state index contributed by atoms with van der Waals surface area (Å²) < 4.78 is 24.6. The fourth-order valence-electron chi connectivity index (χ4n) is 1.31. The Bertz CT molecular complexity index is 284. The molecule has 0 fully saturated rings. The van der Waals surface area contributed by atoms with Crippen molar-refractivity contribution in [1.82, 2.24) is 10.0 Å². The fourth-order valence-corrected chi connectivity index (χ4v) is 2.39. The molecule has 0 aliphatic heterocycles.